The third-order valence-electron chi connectivity index (χ3n) is 4.24. The third-order valence-corrected chi connectivity index (χ3v) is 4.24. The smallest absolute Gasteiger partial charge is 0.257 e. The van der Waals surface area contributed by atoms with E-state index in [2.05, 4.69) is 20.5 Å². The number of nitrogens with zero attached hydrogens (tertiary/aromatic N) is 3. The Labute approximate surface area is 185 Å². The average molecular weight is 439 g/mol. The molecule has 168 valence electrons. The van der Waals surface area contributed by atoms with Crippen LogP contribution < -0.4 is 14.8 Å². The Morgan fingerprint density at radius 2 is 1.81 bits per heavy atom. The second kappa shape index (κ2) is 10.4. The fourth-order valence-corrected chi connectivity index (χ4v) is 2.76. The zero-order chi connectivity index (χ0) is 23.1. The Morgan fingerprint density at radius 3 is 2.44 bits per heavy atom. The number of methoxy groups -OCH3 is 1. The lowest BCUT2D eigenvalue weighted by Gasteiger charge is -2.15. The van der Waals surface area contributed by atoms with Crippen LogP contribution in [0.1, 0.15) is 27.6 Å². The molecule has 1 atom stereocenters. The van der Waals surface area contributed by atoms with Gasteiger partial charge in [0.25, 0.3) is 11.8 Å². The summed E-state index contributed by atoms with van der Waals surface area (Å²) in [4.78, 5) is 30.6. The molecule has 2 amide bonds. The van der Waals surface area contributed by atoms with Crippen LogP contribution in [0.5, 0.6) is 17.5 Å². The van der Waals surface area contributed by atoms with Gasteiger partial charge >= 0.3 is 0 Å². The molecule has 0 saturated heterocycles. The lowest BCUT2D eigenvalue weighted by atomic mass is 10.2. The van der Waals surface area contributed by atoms with Crippen LogP contribution in [0.4, 0.5) is 5.82 Å². The van der Waals surface area contributed by atoms with Gasteiger partial charge in [0, 0.05) is 45.0 Å². The number of amides is 2. The summed E-state index contributed by atoms with van der Waals surface area (Å²) in [6.45, 7) is 2.17. The van der Waals surface area contributed by atoms with Gasteiger partial charge in [-0.25, -0.2) is 0 Å². The van der Waals surface area contributed by atoms with Gasteiger partial charge in [0.2, 0.25) is 11.8 Å². The number of carbonyl (C=O) groups is 2. The van der Waals surface area contributed by atoms with E-state index >= 15 is 0 Å². The Hall–Kier alpha value is -3.92. The number of carbonyl (C=O) groups excluding carboxylic acids is 2. The van der Waals surface area contributed by atoms with Gasteiger partial charge < -0.3 is 24.4 Å². The van der Waals surface area contributed by atoms with Crippen molar-refractivity contribution in [1.29, 1.82) is 0 Å². The number of hydrogen-bond acceptors (Lipinski definition) is 7. The third kappa shape index (κ3) is 6.05. The van der Waals surface area contributed by atoms with Crippen LogP contribution in [0.15, 0.2) is 48.7 Å². The second-order valence-electron chi connectivity index (χ2n) is 7.17. The zero-order valence-electron chi connectivity index (χ0n) is 18.3. The predicted octanol–water partition coefficient (Wildman–Crippen LogP) is 2.96. The molecule has 0 spiro atoms. The number of hydrogen-bond donors (Lipinski definition) is 2. The molecule has 0 bridgehead atoms. The topological polar surface area (TPSA) is 119 Å². The lowest BCUT2D eigenvalue weighted by molar-refractivity contribution is 0.0827. The summed E-state index contributed by atoms with van der Waals surface area (Å²) in [5, 5.41) is 9.18. The Bertz CT molecular complexity index is 1050. The number of aromatic amines is 1. The molecule has 0 fully saturated rings. The number of rotatable bonds is 9. The lowest BCUT2D eigenvalue weighted by Crippen LogP contribution is -2.21. The maximum Gasteiger partial charge on any atom is 0.257 e. The largest absolute Gasteiger partial charge is 0.472 e. The minimum Gasteiger partial charge on any atom is -0.472 e. The van der Waals surface area contributed by atoms with Crippen molar-refractivity contribution in [3.63, 3.8) is 0 Å². The minimum atomic E-state index is -0.391. The van der Waals surface area contributed by atoms with Crippen molar-refractivity contribution >= 4 is 17.6 Å². The van der Waals surface area contributed by atoms with E-state index in [0.29, 0.717) is 23.7 Å². The summed E-state index contributed by atoms with van der Waals surface area (Å²) in [5.41, 5.74) is 0.809. The Kier molecular flexibility index (Phi) is 7.40. The van der Waals surface area contributed by atoms with Gasteiger partial charge in [-0.05, 0) is 31.2 Å². The van der Waals surface area contributed by atoms with Crippen LogP contribution in [0.25, 0.3) is 0 Å². The molecule has 3 rings (SSSR count). The first kappa shape index (κ1) is 22.8. The van der Waals surface area contributed by atoms with Crippen molar-refractivity contribution in [3.8, 4) is 17.5 Å². The standard InChI is InChI=1S/C22H25N5O5/c1-14(13-30-4)31-19-11-16(21(28)24-18-9-10-23-26-18)12-20(25-19)32-17-7-5-15(6-8-17)22(29)27(2)3/h5-12,14H,13H2,1-4H3,(H2,23,24,26,28)/t14-/m1/s1. The van der Waals surface area contributed by atoms with Crippen molar-refractivity contribution in [2.75, 3.05) is 33.1 Å². The summed E-state index contributed by atoms with van der Waals surface area (Å²) in [6, 6.07) is 11.3. The molecule has 0 unspecified atom stereocenters. The van der Waals surface area contributed by atoms with Crippen LogP contribution in [0.3, 0.4) is 0 Å². The highest BCUT2D eigenvalue weighted by atomic mass is 16.5. The van der Waals surface area contributed by atoms with Crippen LogP contribution in [-0.4, -0.2) is 65.8 Å². The summed E-state index contributed by atoms with van der Waals surface area (Å²) in [6.07, 6.45) is 1.24. The molecule has 0 aliphatic rings. The SMILES string of the molecule is COC[C@@H](C)Oc1cc(C(=O)Nc2ccn[nH]2)cc(Oc2ccc(C(=O)N(C)C)cc2)n1. The molecule has 10 nitrogen and oxygen atoms in total. The van der Waals surface area contributed by atoms with E-state index in [0.717, 1.165) is 0 Å². The molecule has 0 radical (unpaired) electrons. The van der Waals surface area contributed by atoms with E-state index in [4.69, 9.17) is 14.2 Å². The Balaban J connectivity index is 1.84. The predicted molar refractivity (Wildman–Crippen MR) is 117 cm³/mol. The molecule has 10 heteroatoms. The van der Waals surface area contributed by atoms with E-state index in [1.54, 1.807) is 51.5 Å². The highest BCUT2D eigenvalue weighted by molar-refractivity contribution is 6.04. The van der Waals surface area contributed by atoms with Gasteiger partial charge in [-0.15, -0.1) is 0 Å². The van der Waals surface area contributed by atoms with E-state index < -0.39 is 5.91 Å². The van der Waals surface area contributed by atoms with E-state index in [1.807, 2.05) is 6.92 Å². The van der Waals surface area contributed by atoms with E-state index in [9.17, 15) is 9.59 Å². The number of benzene rings is 1. The molecule has 0 aliphatic heterocycles. The molecule has 0 saturated carbocycles. The van der Waals surface area contributed by atoms with E-state index in [1.165, 1.54) is 23.2 Å². The molecule has 2 aromatic heterocycles. The average Bonchev–Trinajstić information content (AvgIpc) is 3.26. The van der Waals surface area contributed by atoms with Crippen LogP contribution >= 0.6 is 0 Å². The summed E-state index contributed by atoms with van der Waals surface area (Å²) < 4.78 is 16.7. The first-order valence-electron chi connectivity index (χ1n) is 9.83. The maximum atomic E-state index is 12.7. The summed E-state index contributed by atoms with van der Waals surface area (Å²) in [5.74, 6) is 0.767. The van der Waals surface area contributed by atoms with Crippen molar-refractivity contribution in [1.82, 2.24) is 20.1 Å². The summed E-state index contributed by atoms with van der Waals surface area (Å²) in [7, 11) is 4.94. The molecule has 1 aromatic carbocycles. The second-order valence-corrected chi connectivity index (χ2v) is 7.17. The number of anilines is 1. The van der Waals surface area contributed by atoms with Gasteiger partial charge in [-0.2, -0.15) is 10.1 Å². The normalized spacial score (nSPS) is 11.5. The molecule has 2 N–H and O–H groups in total. The van der Waals surface area contributed by atoms with Crippen molar-refractivity contribution in [3.05, 3.63) is 59.8 Å². The highest BCUT2D eigenvalue weighted by Gasteiger charge is 2.15. The monoisotopic (exact) mass is 439 g/mol. The Morgan fingerprint density at radius 1 is 1.09 bits per heavy atom. The van der Waals surface area contributed by atoms with Crippen molar-refractivity contribution < 1.29 is 23.8 Å². The fraction of sp³-hybridized carbons (Fsp3) is 0.273. The van der Waals surface area contributed by atoms with Crippen LogP contribution in [0.2, 0.25) is 0 Å². The number of pyridine rings is 1. The van der Waals surface area contributed by atoms with Crippen LogP contribution in [0, 0.1) is 0 Å². The van der Waals surface area contributed by atoms with E-state index in [-0.39, 0.29) is 29.3 Å². The van der Waals surface area contributed by atoms with Gasteiger partial charge in [0.15, 0.2) is 0 Å². The molecule has 0 aliphatic carbocycles. The first-order valence-corrected chi connectivity index (χ1v) is 9.83. The van der Waals surface area contributed by atoms with Gasteiger partial charge in [0.1, 0.15) is 17.7 Å². The molecule has 32 heavy (non-hydrogen) atoms. The quantitative estimate of drug-likeness (QED) is 0.526. The van der Waals surface area contributed by atoms with Crippen molar-refractivity contribution in [2.45, 2.75) is 13.0 Å². The fourth-order valence-electron chi connectivity index (χ4n) is 2.76. The summed E-state index contributed by atoms with van der Waals surface area (Å²) >= 11 is 0. The van der Waals surface area contributed by atoms with Gasteiger partial charge in [-0.3, -0.25) is 14.7 Å². The number of ether oxygens (including phenoxy) is 3. The van der Waals surface area contributed by atoms with Gasteiger partial charge in [0.05, 0.1) is 18.4 Å². The van der Waals surface area contributed by atoms with Crippen molar-refractivity contribution in [2.24, 2.45) is 0 Å². The first-order chi connectivity index (χ1) is 15.4. The number of aromatic nitrogens is 3. The maximum absolute atomic E-state index is 12.7. The molecule has 3 aromatic rings. The van der Waals surface area contributed by atoms with Gasteiger partial charge in [-0.1, -0.05) is 0 Å². The molecular formula is C22H25N5O5. The number of H-pyrrole nitrogens is 1. The highest BCUT2D eigenvalue weighted by Crippen LogP contribution is 2.25. The molecular weight excluding hydrogens is 414 g/mol. The molecule has 2 heterocycles. The minimum absolute atomic E-state index is 0.116. The number of nitrogens with one attached hydrogen (secondary N) is 2. The zero-order valence-corrected chi connectivity index (χ0v) is 18.3. The van der Waals surface area contributed by atoms with Crippen LogP contribution in [-0.2, 0) is 4.74 Å².